The van der Waals surface area contributed by atoms with Crippen LogP contribution in [0.2, 0.25) is 0 Å². The molecule has 25 heavy (non-hydrogen) atoms. The molecule has 1 N–H and O–H groups in total. The van der Waals surface area contributed by atoms with Gasteiger partial charge in [0.1, 0.15) is 0 Å². The minimum atomic E-state index is -4.21. The lowest BCUT2D eigenvalue weighted by Gasteiger charge is -2.44. The third kappa shape index (κ3) is 2.77. The number of halogens is 2. The van der Waals surface area contributed by atoms with Crippen molar-refractivity contribution in [1.29, 1.82) is 0 Å². The topological polar surface area (TPSA) is 77.1 Å². The van der Waals surface area contributed by atoms with Crippen molar-refractivity contribution in [3.63, 3.8) is 0 Å². The molecule has 2 saturated heterocycles. The number of nitrogens with one attached hydrogen (secondary N) is 1. The summed E-state index contributed by atoms with van der Waals surface area (Å²) in [6, 6.07) is 4.00. The van der Waals surface area contributed by atoms with E-state index in [1.54, 1.807) is 0 Å². The molecule has 1 aromatic rings. The average Bonchev–Trinajstić information content (AvgIpc) is 3.03. The van der Waals surface area contributed by atoms with Crippen LogP contribution in [0.3, 0.4) is 0 Å². The molecule has 2 aliphatic heterocycles. The molecule has 2 heterocycles. The van der Waals surface area contributed by atoms with Crippen molar-refractivity contribution in [3.8, 4) is 11.5 Å². The summed E-state index contributed by atoms with van der Waals surface area (Å²) in [5.41, 5.74) is -2.16. The molecule has 0 bridgehead atoms. The summed E-state index contributed by atoms with van der Waals surface area (Å²) in [6.07, 6.45) is -0.132. The summed E-state index contributed by atoms with van der Waals surface area (Å²) in [4.78, 5) is -0.149. The first-order valence-electron chi connectivity index (χ1n) is 7.76. The predicted molar refractivity (Wildman–Crippen MR) is 84.6 cm³/mol. The van der Waals surface area contributed by atoms with Crippen molar-refractivity contribution in [3.05, 3.63) is 18.2 Å². The van der Waals surface area contributed by atoms with Gasteiger partial charge in [0.2, 0.25) is 15.7 Å². The molecule has 1 atom stereocenters. The van der Waals surface area contributed by atoms with Gasteiger partial charge in [0, 0.05) is 19.0 Å². The second-order valence-electron chi connectivity index (χ2n) is 5.86. The Labute approximate surface area is 144 Å². The van der Waals surface area contributed by atoms with Gasteiger partial charge in [0.05, 0.1) is 32.3 Å². The van der Waals surface area contributed by atoms with Crippen LogP contribution in [0, 0.1) is 0 Å². The molecule has 1 aromatic carbocycles. The van der Waals surface area contributed by atoms with Crippen LogP contribution in [-0.4, -0.2) is 64.8 Å². The largest absolute Gasteiger partial charge is 0.493 e. The molecule has 0 radical (unpaired) electrons. The molecule has 1 unspecified atom stereocenters. The van der Waals surface area contributed by atoms with Gasteiger partial charge in [-0.1, -0.05) is 0 Å². The van der Waals surface area contributed by atoms with Gasteiger partial charge in [0.15, 0.2) is 11.5 Å². The van der Waals surface area contributed by atoms with E-state index in [4.69, 9.17) is 14.2 Å². The van der Waals surface area contributed by atoms with Crippen molar-refractivity contribution in [1.82, 2.24) is 9.62 Å². The molecule has 140 valence electrons. The lowest BCUT2D eigenvalue weighted by molar-refractivity contribution is -0.233. The fourth-order valence-electron chi connectivity index (χ4n) is 3.28. The zero-order valence-electron chi connectivity index (χ0n) is 13.9. The van der Waals surface area contributed by atoms with Crippen molar-refractivity contribution >= 4 is 10.0 Å². The van der Waals surface area contributed by atoms with Gasteiger partial charge in [-0.25, -0.2) is 17.2 Å². The first kappa shape index (κ1) is 18.3. The Kier molecular flexibility index (Phi) is 4.65. The maximum Gasteiger partial charge on any atom is 0.302 e. The van der Waals surface area contributed by atoms with Crippen LogP contribution in [0.15, 0.2) is 23.1 Å². The summed E-state index contributed by atoms with van der Waals surface area (Å²) in [5, 5.41) is 2.58. The number of piperidine rings is 1. The number of methoxy groups -OCH3 is 2. The van der Waals surface area contributed by atoms with Crippen LogP contribution >= 0.6 is 0 Å². The number of ether oxygens (including phenoxy) is 3. The normalized spacial score (nSPS) is 26.7. The molecule has 10 heteroatoms. The van der Waals surface area contributed by atoms with Gasteiger partial charge < -0.3 is 19.5 Å². The van der Waals surface area contributed by atoms with E-state index in [1.165, 1.54) is 32.4 Å². The number of rotatable bonds is 4. The molecule has 2 aliphatic rings. The lowest BCUT2D eigenvalue weighted by Crippen LogP contribution is -2.66. The van der Waals surface area contributed by atoms with Crippen LogP contribution in [0.1, 0.15) is 6.42 Å². The highest BCUT2D eigenvalue weighted by atomic mass is 32.2. The van der Waals surface area contributed by atoms with Crippen molar-refractivity contribution in [2.24, 2.45) is 0 Å². The van der Waals surface area contributed by atoms with Crippen LogP contribution in [0.4, 0.5) is 8.78 Å². The van der Waals surface area contributed by atoms with E-state index in [2.05, 4.69) is 5.32 Å². The standard InChI is InChI=1S/C15H20F2N2O5S/c1-22-12-4-3-11(9-13(12)23-2)25(20,21)19-7-8-24-15(19)5-6-18-10-14(15,16)17/h3-4,9,18H,5-8,10H2,1-2H3. The second-order valence-corrected chi connectivity index (χ2v) is 7.72. The van der Waals surface area contributed by atoms with Crippen molar-refractivity contribution in [2.75, 3.05) is 40.5 Å². The second kappa shape index (κ2) is 6.35. The first-order valence-corrected chi connectivity index (χ1v) is 9.20. The average molecular weight is 378 g/mol. The highest BCUT2D eigenvalue weighted by Gasteiger charge is 2.65. The molecule has 0 saturated carbocycles. The minimum absolute atomic E-state index is 0.0812. The van der Waals surface area contributed by atoms with Crippen molar-refractivity contribution < 1.29 is 31.4 Å². The molecule has 0 aliphatic carbocycles. The Bertz CT molecular complexity index is 758. The van der Waals surface area contributed by atoms with Crippen LogP contribution in [-0.2, 0) is 14.8 Å². The number of hydrogen-bond donors (Lipinski definition) is 1. The highest BCUT2D eigenvalue weighted by Crippen LogP contribution is 2.45. The molecule has 1 spiro atoms. The minimum Gasteiger partial charge on any atom is -0.493 e. The van der Waals surface area contributed by atoms with E-state index in [0.29, 0.717) is 5.75 Å². The van der Waals surface area contributed by atoms with E-state index < -0.39 is 28.2 Å². The Morgan fingerprint density at radius 2 is 1.96 bits per heavy atom. The third-order valence-electron chi connectivity index (χ3n) is 4.54. The monoisotopic (exact) mass is 378 g/mol. The van der Waals surface area contributed by atoms with E-state index in [0.717, 1.165) is 4.31 Å². The Morgan fingerprint density at radius 3 is 2.60 bits per heavy atom. The van der Waals surface area contributed by atoms with Gasteiger partial charge in [-0.05, 0) is 18.7 Å². The first-order chi connectivity index (χ1) is 11.8. The maximum absolute atomic E-state index is 14.6. The summed E-state index contributed by atoms with van der Waals surface area (Å²) >= 11 is 0. The van der Waals surface area contributed by atoms with Crippen LogP contribution in [0.25, 0.3) is 0 Å². The van der Waals surface area contributed by atoms with Gasteiger partial charge in [0.25, 0.3) is 0 Å². The van der Waals surface area contributed by atoms with Gasteiger partial charge in [-0.2, -0.15) is 4.31 Å². The van der Waals surface area contributed by atoms with E-state index in [1.807, 2.05) is 0 Å². The molecule has 0 aromatic heterocycles. The Hall–Kier alpha value is -1.49. The molecular weight excluding hydrogens is 358 g/mol. The van der Waals surface area contributed by atoms with Gasteiger partial charge in [-0.15, -0.1) is 0 Å². The summed E-state index contributed by atoms with van der Waals surface area (Å²) in [5.74, 6) is -2.79. The van der Waals surface area contributed by atoms with E-state index in [9.17, 15) is 17.2 Å². The fourth-order valence-corrected chi connectivity index (χ4v) is 5.01. The lowest BCUT2D eigenvalue weighted by atomic mass is 9.98. The number of hydrogen-bond acceptors (Lipinski definition) is 6. The molecule has 3 rings (SSSR count). The van der Waals surface area contributed by atoms with Crippen LogP contribution < -0.4 is 14.8 Å². The molecular formula is C15H20F2N2O5S. The summed E-state index contributed by atoms with van der Waals surface area (Å²) in [7, 11) is -1.42. The third-order valence-corrected chi connectivity index (χ3v) is 6.45. The number of alkyl halides is 2. The predicted octanol–water partition coefficient (Wildman–Crippen LogP) is 1.05. The van der Waals surface area contributed by atoms with Gasteiger partial charge >= 0.3 is 5.92 Å². The Morgan fingerprint density at radius 1 is 1.24 bits per heavy atom. The van der Waals surface area contributed by atoms with Gasteiger partial charge in [-0.3, -0.25) is 0 Å². The van der Waals surface area contributed by atoms with E-state index >= 15 is 0 Å². The molecule has 7 nitrogen and oxygen atoms in total. The quantitative estimate of drug-likeness (QED) is 0.844. The number of nitrogens with zero attached hydrogens (tertiary/aromatic N) is 1. The summed E-state index contributed by atoms with van der Waals surface area (Å²) < 4.78 is 71.6. The summed E-state index contributed by atoms with van der Waals surface area (Å²) in [6.45, 7) is -0.604. The smallest absolute Gasteiger partial charge is 0.302 e. The molecule has 2 fully saturated rings. The zero-order valence-corrected chi connectivity index (χ0v) is 14.7. The van der Waals surface area contributed by atoms with Crippen molar-refractivity contribution in [2.45, 2.75) is 23.0 Å². The van der Waals surface area contributed by atoms with E-state index in [-0.39, 0.29) is 36.8 Å². The number of sulfonamides is 1. The van der Waals surface area contributed by atoms with Crippen LogP contribution in [0.5, 0.6) is 11.5 Å². The zero-order chi connectivity index (χ0) is 18.3. The SMILES string of the molecule is COc1ccc(S(=O)(=O)N2CCOC23CCNCC3(F)F)cc1OC. The highest BCUT2D eigenvalue weighted by molar-refractivity contribution is 7.89. The number of benzene rings is 1. The molecule has 0 amide bonds. The maximum atomic E-state index is 14.6. The fraction of sp³-hybridized carbons (Fsp3) is 0.600. The Balaban J connectivity index is 2.05.